The maximum absolute atomic E-state index is 12.6. The number of methoxy groups -OCH3 is 2. The number of nitrogens with zero attached hydrogens (tertiary/aromatic N) is 1. The first-order valence-electron chi connectivity index (χ1n) is 8.35. The molecular weight excluding hydrogens is 308 g/mol. The first-order valence-corrected chi connectivity index (χ1v) is 8.35. The minimum Gasteiger partial charge on any atom is -0.497 e. The van der Waals surface area contributed by atoms with E-state index in [-0.39, 0.29) is 24.2 Å². The van der Waals surface area contributed by atoms with E-state index in [0.29, 0.717) is 24.6 Å². The number of carbonyl (C=O) groups excluding carboxylic acids is 2. The Morgan fingerprint density at radius 1 is 1.33 bits per heavy atom. The van der Waals surface area contributed by atoms with Crippen LogP contribution in [0.1, 0.15) is 25.7 Å². The van der Waals surface area contributed by atoms with Crippen molar-refractivity contribution in [2.75, 3.05) is 39.2 Å². The minimum absolute atomic E-state index is 0.0605. The second kappa shape index (κ2) is 9.27. The molecule has 1 unspecified atom stereocenters. The largest absolute Gasteiger partial charge is 0.497 e. The molecule has 0 bridgehead atoms. The van der Waals surface area contributed by atoms with Crippen molar-refractivity contribution in [3.05, 3.63) is 24.3 Å². The average Bonchev–Trinajstić information content (AvgIpc) is 2.75. The van der Waals surface area contributed by atoms with Crippen LogP contribution in [-0.4, -0.2) is 50.6 Å². The Morgan fingerprint density at radius 3 is 2.92 bits per heavy atom. The maximum atomic E-state index is 12.6. The van der Waals surface area contributed by atoms with Gasteiger partial charge in [0.25, 0.3) is 0 Å². The first kappa shape index (κ1) is 18.3. The number of benzene rings is 1. The molecule has 1 atom stereocenters. The standard InChI is InChI=1S/C18H26N2O4/c1-23-11-10-20-9-4-3-6-14(18(20)22)12-17(21)19-15-7-5-8-16(13-15)24-2/h5,7-8,13-14H,3-4,6,9-12H2,1-2H3,(H,19,21). The highest BCUT2D eigenvalue weighted by molar-refractivity contribution is 5.94. The number of hydrogen-bond donors (Lipinski definition) is 1. The molecule has 6 nitrogen and oxygen atoms in total. The molecule has 0 radical (unpaired) electrons. The average molecular weight is 334 g/mol. The SMILES string of the molecule is COCCN1CCCCC(CC(=O)Nc2cccc(OC)c2)C1=O. The van der Waals surface area contributed by atoms with Crippen LogP contribution < -0.4 is 10.1 Å². The second-order valence-electron chi connectivity index (χ2n) is 6.00. The summed E-state index contributed by atoms with van der Waals surface area (Å²) >= 11 is 0. The number of carbonyl (C=O) groups is 2. The van der Waals surface area contributed by atoms with Crippen molar-refractivity contribution in [3.8, 4) is 5.75 Å². The number of amides is 2. The van der Waals surface area contributed by atoms with Gasteiger partial charge in [-0.15, -0.1) is 0 Å². The zero-order valence-corrected chi connectivity index (χ0v) is 14.4. The Labute approximate surface area is 143 Å². The topological polar surface area (TPSA) is 67.9 Å². The zero-order chi connectivity index (χ0) is 17.4. The molecule has 1 aliphatic heterocycles. The summed E-state index contributed by atoms with van der Waals surface area (Å²) in [5, 5.41) is 2.85. The van der Waals surface area contributed by atoms with Gasteiger partial charge in [-0.05, 0) is 25.0 Å². The number of rotatable bonds is 7. The Kier molecular flexibility index (Phi) is 7.06. The minimum atomic E-state index is -0.255. The predicted octanol–water partition coefficient (Wildman–Crippen LogP) is 2.30. The summed E-state index contributed by atoms with van der Waals surface area (Å²) in [6, 6.07) is 7.20. The molecule has 24 heavy (non-hydrogen) atoms. The quantitative estimate of drug-likeness (QED) is 0.831. The van der Waals surface area contributed by atoms with Gasteiger partial charge in [-0.3, -0.25) is 9.59 Å². The number of likely N-dealkylation sites (tertiary alicyclic amines) is 1. The maximum Gasteiger partial charge on any atom is 0.226 e. The second-order valence-corrected chi connectivity index (χ2v) is 6.00. The third-order valence-corrected chi connectivity index (χ3v) is 4.24. The van der Waals surface area contributed by atoms with Crippen LogP contribution in [0, 0.1) is 5.92 Å². The molecule has 0 aliphatic carbocycles. The Bertz CT molecular complexity index is 562. The van der Waals surface area contributed by atoms with Crippen molar-refractivity contribution >= 4 is 17.5 Å². The molecule has 0 saturated carbocycles. The molecule has 0 spiro atoms. The van der Waals surface area contributed by atoms with E-state index in [1.165, 1.54) is 0 Å². The highest BCUT2D eigenvalue weighted by atomic mass is 16.5. The number of nitrogens with one attached hydrogen (secondary N) is 1. The lowest BCUT2D eigenvalue weighted by molar-refractivity contribution is -0.137. The van der Waals surface area contributed by atoms with Crippen LogP contribution in [0.4, 0.5) is 5.69 Å². The van der Waals surface area contributed by atoms with Gasteiger partial charge in [-0.2, -0.15) is 0 Å². The molecule has 1 heterocycles. The fourth-order valence-corrected chi connectivity index (χ4v) is 2.93. The molecule has 0 aromatic heterocycles. The Morgan fingerprint density at radius 2 is 2.17 bits per heavy atom. The molecular formula is C18H26N2O4. The van der Waals surface area contributed by atoms with Gasteiger partial charge in [0.05, 0.1) is 13.7 Å². The third-order valence-electron chi connectivity index (χ3n) is 4.24. The number of hydrogen-bond acceptors (Lipinski definition) is 4. The highest BCUT2D eigenvalue weighted by Crippen LogP contribution is 2.22. The van der Waals surface area contributed by atoms with Crippen LogP contribution in [0.2, 0.25) is 0 Å². The van der Waals surface area contributed by atoms with Crippen molar-refractivity contribution in [2.24, 2.45) is 5.92 Å². The fourth-order valence-electron chi connectivity index (χ4n) is 2.93. The van der Waals surface area contributed by atoms with Gasteiger partial charge >= 0.3 is 0 Å². The molecule has 1 aromatic carbocycles. The van der Waals surface area contributed by atoms with E-state index in [0.717, 1.165) is 25.8 Å². The molecule has 1 aliphatic rings. The zero-order valence-electron chi connectivity index (χ0n) is 14.4. The van der Waals surface area contributed by atoms with Crippen LogP contribution in [0.15, 0.2) is 24.3 Å². The van der Waals surface area contributed by atoms with E-state index >= 15 is 0 Å². The summed E-state index contributed by atoms with van der Waals surface area (Å²) in [5.74, 6) is 0.347. The van der Waals surface area contributed by atoms with Crippen LogP contribution in [-0.2, 0) is 14.3 Å². The highest BCUT2D eigenvalue weighted by Gasteiger charge is 2.28. The summed E-state index contributed by atoms with van der Waals surface area (Å²) in [7, 11) is 3.21. The van der Waals surface area contributed by atoms with Gasteiger partial charge in [0.2, 0.25) is 11.8 Å². The normalized spacial score (nSPS) is 18.2. The van der Waals surface area contributed by atoms with Crippen LogP contribution in [0.3, 0.4) is 0 Å². The smallest absolute Gasteiger partial charge is 0.226 e. The summed E-state index contributed by atoms with van der Waals surface area (Å²) in [4.78, 5) is 26.7. The molecule has 2 rings (SSSR count). The van der Waals surface area contributed by atoms with Crippen LogP contribution in [0.25, 0.3) is 0 Å². The molecule has 1 saturated heterocycles. The number of anilines is 1. The predicted molar refractivity (Wildman–Crippen MR) is 92.0 cm³/mol. The van der Waals surface area contributed by atoms with Gasteiger partial charge in [0.1, 0.15) is 5.75 Å². The molecule has 2 amide bonds. The molecule has 1 aromatic rings. The van der Waals surface area contributed by atoms with E-state index in [1.807, 2.05) is 17.0 Å². The number of ether oxygens (including phenoxy) is 2. The molecule has 1 N–H and O–H groups in total. The van der Waals surface area contributed by atoms with Crippen molar-refractivity contribution in [1.29, 1.82) is 0 Å². The summed E-state index contributed by atoms with van der Waals surface area (Å²) in [6.07, 6.45) is 2.91. The van der Waals surface area contributed by atoms with Crippen LogP contribution in [0.5, 0.6) is 5.75 Å². The Hall–Kier alpha value is -2.08. The van der Waals surface area contributed by atoms with E-state index in [2.05, 4.69) is 5.32 Å². The molecule has 132 valence electrons. The van der Waals surface area contributed by atoms with Gasteiger partial charge in [-0.25, -0.2) is 0 Å². The van der Waals surface area contributed by atoms with Gasteiger partial charge < -0.3 is 19.7 Å². The molecule has 1 fully saturated rings. The van der Waals surface area contributed by atoms with Crippen molar-refractivity contribution < 1.29 is 19.1 Å². The first-order chi connectivity index (χ1) is 11.6. The van der Waals surface area contributed by atoms with E-state index in [4.69, 9.17) is 9.47 Å². The van der Waals surface area contributed by atoms with Crippen LogP contribution >= 0.6 is 0 Å². The van der Waals surface area contributed by atoms with Gasteiger partial charge in [0.15, 0.2) is 0 Å². The lowest BCUT2D eigenvalue weighted by Crippen LogP contribution is -2.38. The fraction of sp³-hybridized carbons (Fsp3) is 0.556. The van der Waals surface area contributed by atoms with Crippen molar-refractivity contribution in [3.63, 3.8) is 0 Å². The van der Waals surface area contributed by atoms with E-state index in [9.17, 15) is 9.59 Å². The summed E-state index contributed by atoms with van der Waals surface area (Å²) < 4.78 is 10.2. The third kappa shape index (κ3) is 5.23. The monoisotopic (exact) mass is 334 g/mol. The summed E-state index contributed by atoms with van der Waals surface area (Å²) in [6.45, 7) is 1.86. The Balaban J connectivity index is 1.94. The summed E-state index contributed by atoms with van der Waals surface area (Å²) in [5.41, 5.74) is 0.677. The van der Waals surface area contributed by atoms with E-state index < -0.39 is 0 Å². The van der Waals surface area contributed by atoms with Gasteiger partial charge in [0, 0.05) is 44.3 Å². The van der Waals surface area contributed by atoms with Crippen molar-refractivity contribution in [1.82, 2.24) is 4.90 Å². The lowest BCUT2D eigenvalue weighted by atomic mass is 9.98. The molecule has 6 heteroatoms. The van der Waals surface area contributed by atoms with Gasteiger partial charge in [-0.1, -0.05) is 12.5 Å². The van der Waals surface area contributed by atoms with Crippen molar-refractivity contribution in [2.45, 2.75) is 25.7 Å². The van der Waals surface area contributed by atoms with E-state index in [1.54, 1.807) is 26.4 Å². The lowest BCUT2D eigenvalue weighted by Gasteiger charge is -2.23.